The molecule has 2 N–H and O–H groups in total. The quantitative estimate of drug-likeness (QED) is 0.315. The lowest BCUT2D eigenvalue weighted by molar-refractivity contribution is -0.112. The van der Waals surface area contributed by atoms with Crippen LogP contribution in [0, 0.1) is 13.8 Å². The molecule has 2 aromatic carbocycles. The summed E-state index contributed by atoms with van der Waals surface area (Å²) in [6, 6.07) is 18.8. The van der Waals surface area contributed by atoms with Crippen LogP contribution in [0.3, 0.4) is 0 Å². The van der Waals surface area contributed by atoms with E-state index < -0.39 is 0 Å². The summed E-state index contributed by atoms with van der Waals surface area (Å²) in [6.07, 6.45) is 9.23. The molecule has 6 heteroatoms. The van der Waals surface area contributed by atoms with Gasteiger partial charge in [-0.25, -0.2) is 0 Å². The Hall–Kier alpha value is -4.58. The molecule has 4 rings (SSSR count). The lowest BCUT2D eigenvalue weighted by atomic mass is 10.00. The van der Waals surface area contributed by atoms with Crippen LogP contribution in [-0.4, -0.2) is 11.8 Å². The largest absolute Gasteiger partial charge is 0.465 e. The van der Waals surface area contributed by atoms with Gasteiger partial charge in [-0.1, -0.05) is 12.1 Å². The number of hydrogen-bond donors (Lipinski definition) is 2. The van der Waals surface area contributed by atoms with Gasteiger partial charge < -0.3 is 19.5 Å². The SMILES string of the molecule is Cc1cc(-c2ccc(NC(=O)C=Cc3ccco3)c(C)c2)ccc1NC(=O)C=Cc1ccco1. The molecule has 0 saturated carbocycles. The Kier molecular flexibility index (Phi) is 6.89. The van der Waals surface area contributed by atoms with Gasteiger partial charge >= 0.3 is 0 Å². The second-order valence-electron chi connectivity index (χ2n) is 7.74. The fourth-order valence-corrected chi connectivity index (χ4v) is 3.40. The molecule has 0 fully saturated rings. The van der Waals surface area contributed by atoms with Crippen LogP contribution in [0.5, 0.6) is 0 Å². The van der Waals surface area contributed by atoms with Gasteiger partial charge in [0.15, 0.2) is 0 Å². The summed E-state index contributed by atoms with van der Waals surface area (Å²) in [5.74, 6) is 0.769. The molecular formula is C28H24N2O4. The topological polar surface area (TPSA) is 84.5 Å². The molecular weight excluding hydrogens is 428 g/mol. The number of rotatable bonds is 7. The molecule has 0 aliphatic rings. The van der Waals surface area contributed by atoms with Crippen molar-refractivity contribution in [3.63, 3.8) is 0 Å². The van der Waals surface area contributed by atoms with Crippen LogP contribution >= 0.6 is 0 Å². The van der Waals surface area contributed by atoms with E-state index >= 15 is 0 Å². The maximum absolute atomic E-state index is 12.2. The van der Waals surface area contributed by atoms with Gasteiger partial charge in [-0.05, 0) is 96.8 Å². The minimum atomic E-state index is -0.232. The first-order chi connectivity index (χ1) is 16.5. The third kappa shape index (κ3) is 5.81. The first kappa shape index (κ1) is 22.6. The van der Waals surface area contributed by atoms with Crippen molar-refractivity contribution < 1.29 is 18.4 Å². The maximum Gasteiger partial charge on any atom is 0.248 e. The summed E-state index contributed by atoms with van der Waals surface area (Å²) in [4.78, 5) is 24.4. The monoisotopic (exact) mass is 452 g/mol. The number of aryl methyl sites for hydroxylation is 2. The molecule has 0 aliphatic carbocycles. The Balaban J connectivity index is 1.41. The van der Waals surface area contributed by atoms with E-state index in [2.05, 4.69) is 10.6 Å². The molecule has 0 unspecified atom stereocenters. The second-order valence-corrected chi connectivity index (χ2v) is 7.74. The third-order valence-corrected chi connectivity index (χ3v) is 5.19. The minimum Gasteiger partial charge on any atom is -0.465 e. The Labute approximate surface area is 197 Å². The Morgan fingerprint density at radius 3 is 1.47 bits per heavy atom. The van der Waals surface area contributed by atoms with E-state index in [9.17, 15) is 9.59 Å². The van der Waals surface area contributed by atoms with Crippen molar-refractivity contribution in [3.05, 3.63) is 108 Å². The zero-order chi connectivity index (χ0) is 23.9. The summed E-state index contributed by atoms with van der Waals surface area (Å²) >= 11 is 0. The van der Waals surface area contributed by atoms with E-state index in [1.807, 2.05) is 50.2 Å². The van der Waals surface area contributed by atoms with E-state index in [4.69, 9.17) is 8.83 Å². The van der Waals surface area contributed by atoms with Crippen molar-refractivity contribution in [1.82, 2.24) is 0 Å². The number of nitrogens with one attached hydrogen (secondary N) is 2. The van der Waals surface area contributed by atoms with E-state index in [0.717, 1.165) is 33.6 Å². The van der Waals surface area contributed by atoms with Gasteiger partial charge in [0.2, 0.25) is 11.8 Å². The number of benzene rings is 2. The average molecular weight is 453 g/mol. The molecule has 170 valence electrons. The van der Waals surface area contributed by atoms with Crippen LogP contribution in [0.1, 0.15) is 22.6 Å². The van der Waals surface area contributed by atoms with Crippen LogP contribution < -0.4 is 10.6 Å². The summed E-state index contributed by atoms with van der Waals surface area (Å²) in [5.41, 5.74) is 5.38. The Morgan fingerprint density at radius 1 is 0.676 bits per heavy atom. The Bertz CT molecular complexity index is 1240. The normalized spacial score (nSPS) is 11.2. The van der Waals surface area contributed by atoms with Crippen molar-refractivity contribution in [2.24, 2.45) is 0 Å². The highest BCUT2D eigenvalue weighted by atomic mass is 16.3. The summed E-state index contributed by atoms with van der Waals surface area (Å²) < 4.78 is 10.4. The summed E-state index contributed by atoms with van der Waals surface area (Å²) in [6.45, 7) is 3.89. The fraction of sp³-hybridized carbons (Fsp3) is 0.0714. The lowest BCUT2D eigenvalue weighted by Gasteiger charge is -2.12. The van der Waals surface area contributed by atoms with Crippen molar-refractivity contribution in [1.29, 1.82) is 0 Å². The summed E-state index contributed by atoms with van der Waals surface area (Å²) in [7, 11) is 0. The van der Waals surface area contributed by atoms with Crippen LogP contribution in [0.25, 0.3) is 23.3 Å². The second kappa shape index (κ2) is 10.4. The van der Waals surface area contributed by atoms with Crippen molar-refractivity contribution >= 4 is 35.3 Å². The van der Waals surface area contributed by atoms with Gasteiger partial charge in [0.25, 0.3) is 0 Å². The highest BCUT2D eigenvalue weighted by Gasteiger charge is 2.08. The predicted octanol–water partition coefficient (Wildman–Crippen LogP) is 6.46. The van der Waals surface area contributed by atoms with Gasteiger partial charge in [0.05, 0.1) is 12.5 Å². The van der Waals surface area contributed by atoms with Gasteiger partial charge in [-0.3, -0.25) is 9.59 Å². The molecule has 2 heterocycles. The first-order valence-corrected chi connectivity index (χ1v) is 10.7. The molecule has 0 aliphatic heterocycles. The van der Waals surface area contributed by atoms with Crippen LogP contribution in [0.2, 0.25) is 0 Å². The standard InChI is InChI=1S/C28H24N2O4/c1-19-17-21(7-11-25(19)29-27(31)13-9-23-5-3-15-33-23)22-8-12-26(20(2)18-22)30-28(32)14-10-24-6-4-16-34-24/h3-18H,1-2H3,(H,29,31)(H,30,32). The molecule has 0 radical (unpaired) electrons. The molecule has 2 aromatic heterocycles. The first-order valence-electron chi connectivity index (χ1n) is 10.7. The fourth-order valence-electron chi connectivity index (χ4n) is 3.40. The predicted molar refractivity (Wildman–Crippen MR) is 134 cm³/mol. The highest BCUT2D eigenvalue weighted by Crippen LogP contribution is 2.28. The Morgan fingerprint density at radius 2 is 1.12 bits per heavy atom. The number of carbonyl (C=O) groups is 2. The van der Waals surface area contributed by atoms with E-state index in [0.29, 0.717) is 11.5 Å². The molecule has 0 spiro atoms. The number of carbonyl (C=O) groups excluding carboxylic acids is 2. The minimum absolute atomic E-state index is 0.232. The van der Waals surface area contributed by atoms with Crippen molar-refractivity contribution in [3.8, 4) is 11.1 Å². The molecule has 0 atom stereocenters. The van der Waals surface area contributed by atoms with Gasteiger partial charge in [0, 0.05) is 23.5 Å². The van der Waals surface area contributed by atoms with Gasteiger partial charge in [0.1, 0.15) is 11.5 Å². The van der Waals surface area contributed by atoms with Crippen LogP contribution in [-0.2, 0) is 9.59 Å². The number of furan rings is 2. The third-order valence-electron chi connectivity index (χ3n) is 5.19. The van der Waals surface area contributed by atoms with Gasteiger partial charge in [-0.15, -0.1) is 0 Å². The van der Waals surface area contributed by atoms with E-state index in [1.54, 1.807) is 48.9 Å². The summed E-state index contributed by atoms with van der Waals surface area (Å²) in [5, 5.41) is 5.77. The zero-order valence-electron chi connectivity index (χ0n) is 18.9. The van der Waals surface area contributed by atoms with Crippen LogP contribution in [0.15, 0.2) is 94.2 Å². The van der Waals surface area contributed by atoms with E-state index in [-0.39, 0.29) is 11.8 Å². The smallest absolute Gasteiger partial charge is 0.248 e. The highest BCUT2D eigenvalue weighted by molar-refractivity contribution is 6.03. The maximum atomic E-state index is 12.2. The average Bonchev–Trinajstić information content (AvgIpc) is 3.53. The molecule has 34 heavy (non-hydrogen) atoms. The van der Waals surface area contributed by atoms with Crippen LogP contribution in [0.4, 0.5) is 11.4 Å². The zero-order valence-corrected chi connectivity index (χ0v) is 18.9. The molecule has 2 amide bonds. The molecule has 0 saturated heterocycles. The van der Waals surface area contributed by atoms with E-state index in [1.165, 1.54) is 12.2 Å². The number of hydrogen-bond acceptors (Lipinski definition) is 4. The number of amides is 2. The molecule has 4 aromatic rings. The van der Waals surface area contributed by atoms with Gasteiger partial charge in [-0.2, -0.15) is 0 Å². The molecule has 6 nitrogen and oxygen atoms in total. The van der Waals surface area contributed by atoms with Crippen molar-refractivity contribution in [2.45, 2.75) is 13.8 Å². The van der Waals surface area contributed by atoms with Crippen molar-refractivity contribution in [2.75, 3.05) is 10.6 Å². The lowest BCUT2D eigenvalue weighted by Crippen LogP contribution is -2.09. The number of anilines is 2. The molecule has 0 bridgehead atoms.